The highest BCUT2D eigenvalue weighted by Gasteiger charge is 2.14. The van der Waals surface area contributed by atoms with E-state index in [9.17, 15) is 4.79 Å². The summed E-state index contributed by atoms with van der Waals surface area (Å²) in [5.74, 6) is 0.300. The number of amides is 1. The highest BCUT2D eigenvalue weighted by atomic mass is 16.1. The second-order valence-corrected chi connectivity index (χ2v) is 5.99. The van der Waals surface area contributed by atoms with Crippen LogP contribution in [-0.4, -0.2) is 20.9 Å². The van der Waals surface area contributed by atoms with Crippen LogP contribution >= 0.6 is 0 Å². The van der Waals surface area contributed by atoms with Crippen LogP contribution < -0.4 is 5.32 Å². The lowest BCUT2D eigenvalue weighted by Gasteiger charge is -2.10. The molecule has 1 amide bonds. The molecular formula is C21H16N4O. The molecule has 5 heteroatoms. The summed E-state index contributed by atoms with van der Waals surface area (Å²) in [6.07, 6.45) is 5.17. The van der Waals surface area contributed by atoms with Crippen LogP contribution in [0.5, 0.6) is 0 Å². The average molecular weight is 340 g/mol. The lowest BCUT2D eigenvalue weighted by Crippen LogP contribution is -2.14. The van der Waals surface area contributed by atoms with Gasteiger partial charge in [0.1, 0.15) is 5.82 Å². The van der Waals surface area contributed by atoms with E-state index in [-0.39, 0.29) is 5.91 Å². The maximum Gasteiger partial charge on any atom is 0.257 e. The van der Waals surface area contributed by atoms with Crippen molar-refractivity contribution in [3.8, 4) is 11.3 Å². The van der Waals surface area contributed by atoms with Crippen molar-refractivity contribution < 1.29 is 4.79 Å². The first-order valence-corrected chi connectivity index (χ1v) is 8.25. The smallest absolute Gasteiger partial charge is 0.257 e. The number of anilines is 1. The van der Waals surface area contributed by atoms with Gasteiger partial charge in [0.15, 0.2) is 0 Å². The van der Waals surface area contributed by atoms with Gasteiger partial charge in [0.2, 0.25) is 0 Å². The highest BCUT2D eigenvalue weighted by molar-refractivity contribution is 6.12. The number of para-hydroxylation sites is 1. The van der Waals surface area contributed by atoms with Crippen LogP contribution in [0, 0.1) is 6.92 Å². The highest BCUT2D eigenvalue weighted by Crippen LogP contribution is 2.25. The fraction of sp³-hybridized carbons (Fsp3) is 0.0476. The van der Waals surface area contributed by atoms with Crippen LogP contribution in [-0.2, 0) is 0 Å². The summed E-state index contributed by atoms with van der Waals surface area (Å²) in [4.78, 5) is 26.0. The second kappa shape index (κ2) is 6.72. The third-order valence-corrected chi connectivity index (χ3v) is 4.07. The third kappa shape index (κ3) is 3.15. The molecule has 1 aromatic carbocycles. The molecule has 1 N–H and O–H groups in total. The van der Waals surface area contributed by atoms with E-state index in [0.717, 1.165) is 22.0 Å². The molecule has 4 aromatic rings. The Morgan fingerprint density at radius 2 is 1.88 bits per heavy atom. The van der Waals surface area contributed by atoms with Gasteiger partial charge in [0.05, 0.1) is 16.8 Å². The van der Waals surface area contributed by atoms with Gasteiger partial charge in [-0.15, -0.1) is 0 Å². The van der Waals surface area contributed by atoms with Crippen LogP contribution in [0.4, 0.5) is 5.82 Å². The molecule has 26 heavy (non-hydrogen) atoms. The van der Waals surface area contributed by atoms with Crippen LogP contribution in [0.1, 0.15) is 15.9 Å². The maximum atomic E-state index is 12.9. The summed E-state index contributed by atoms with van der Waals surface area (Å²) in [5.41, 5.74) is 3.92. The van der Waals surface area contributed by atoms with E-state index in [1.54, 1.807) is 30.7 Å². The number of aryl methyl sites for hydroxylation is 1. The average Bonchev–Trinajstić information content (AvgIpc) is 2.69. The number of pyridine rings is 3. The molecule has 0 saturated carbocycles. The number of fused-ring (bicyclic) bond motifs is 1. The molecule has 0 spiro atoms. The minimum Gasteiger partial charge on any atom is -0.307 e. The quantitative estimate of drug-likeness (QED) is 0.605. The number of hydrogen-bond acceptors (Lipinski definition) is 4. The third-order valence-electron chi connectivity index (χ3n) is 4.07. The summed E-state index contributed by atoms with van der Waals surface area (Å²) in [6.45, 7) is 1.95. The van der Waals surface area contributed by atoms with Crippen molar-refractivity contribution in [1.29, 1.82) is 0 Å². The predicted molar refractivity (Wildman–Crippen MR) is 102 cm³/mol. The molecular weight excluding hydrogens is 324 g/mol. The number of rotatable bonds is 3. The monoisotopic (exact) mass is 340 g/mol. The zero-order chi connectivity index (χ0) is 17.9. The van der Waals surface area contributed by atoms with Crippen molar-refractivity contribution in [2.24, 2.45) is 0 Å². The fourth-order valence-corrected chi connectivity index (χ4v) is 2.75. The Balaban J connectivity index is 1.79. The first-order chi connectivity index (χ1) is 12.7. The SMILES string of the molecule is Cc1ccc(NC(=O)c2cc(-c3cccnc3)nc3ccccc23)nc1. The summed E-state index contributed by atoms with van der Waals surface area (Å²) in [5, 5.41) is 3.66. The van der Waals surface area contributed by atoms with Gasteiger partial charge in [0.25, 0.3) is 5.91 Å². The first kappa shape index (κ1) is 15.9. The molecule has 0 radical (unpaired) electrons. The molecule has 0 saturated heterocycles. The first-order valence-electron chi connectivity index (χ1n) is 8.25. The van der Waals surface area contributed by atoms with E-state index in [1.165, 1.54) is 0 Å². The van der Waals surface area contributed by atoms with Gasteiger partial charge >= 0.3 is 0 Å². The van der Waals surface area contributed by atoms with E-state index >= 15 is 0 Å². The van der Waals surface area contributed by atoms with E-state index in [1.807, 2.05) is 49.4 Å². The Labute approximate surface area is 150 Å². The van der Waals surface area contributed by atoms with Crippen molar-refractivity contribution in [3.63, 3.8) is 0 Å². The summed E-state index contributed by atoms with van der Waals surface area (Å²) in [6, 6.07) is 16.9. The lowest BCUT2D eigenvalue weighted by molar-refractivity contribution is 0.102. The summed E-state index contributed by atoms with van der Waals surface area (Å²) >= 11 is 0. The molecule has 0 aliphatic rings. The molecule has 3 heterocycles. The van der Waals surface area contributed by atoms with Crippen molar-refractivity contribution in [1.82, 2.24) is 15.0 Å². The van der Waals surface area contributed by atoms with Crippen LogP contribution in [0.15, 0.2) is 73.2 Å². The van der Waals surface area contributed by atoms with E-state index in [2.05, 4.69) is 20.3 Å². The van der Waals surface area contributed by atoms with Gasteiger partial charge < -0.3 is 5.32 Å². The molecule has 0 unspecified atom stereocenters. The number of nitrogens with zero attached hydrogens (tertiary/aromatic N) is 3. The largest absolute Gasteiger partial charge is 0.307 e. The van der Waals surface area contributed by atoms with Crippen LogP contribution in [0.2, 0.25) is 0 Å². The number of nitrogens with one attached hydrogen (secondary N) is 1. The number of benzene rings is 1. The zero-order valence-electron chi connectivity index (χ0n) is 14.2. The van der Waals surface area contributed by atoms with Crippen LogP contribution in [0.25, 0.3) is 22.2 Å². The maximum absolute atomic E-state index is 12.9. The topological polar surface area (TPSA) is 67.8 Å². The molecule has 126 valence electrons. The minimum absolute atomic E-state index is 0.218. The number of aromatic nitrogens is 3. The van der Waals surface area contributed by atoms with Gasteiger partial charge in [-0.3, -0.25) is 9.78 Å². The Kier molecular flexibility index (Phi) is 4.11. The number of hydrogen-bond donors (Lipinski definition) is 1. The van der Waals surface area contributed by atoms with Crippen molar-refractivity contribution in [3.05, 3.63) is 84.3 Å². The van der Waals surface area contributed by atoms with Gasteiger partial charge in [-0.05, 0) is 42.8 Å². The van der Waals surface area contributed by atoms with Crippen LogP contribution in [0.3, 0.4) is 0 Å². The molecule has 0 atom stereocenters. The normalized spacial score (nSPS) is 10.7. The van der Waals surface area contributed by atoms with Crippen molar-refractivity contribution in [2.45, 2.75) is 6.92 Å². The molecule has 0 aliphatic carbocycles. The Morgan fingerprint density at radius 1 is 1.00 bits per heavy atom. The molecule has 4 rings (SSSR count). The predicted octanol–water partition coefficient (Wildman–Crippen LogP) is 4.25. The van der Waals surface area contributed by atoms with E-state index in [4.69, 9.17) is 0 Å². The number of carbonyl (C=O) groups excluding carboxylic acids is 1. The molecule has 0 bridgehead atoms. The van der Waals surface area contributed by atoms with Gasteiger partial charge in [-0.25, -0.2) is 9.97 Å². The number of carbonyl (C=O) groups is 1. The zero-order valence-corrected chi connectivity index (χ0v) is 14.2. The Morgan fingerprint density at radius 3 is 2.65 bits per heavy atom. The van der Waals surface area contributed by atoms with E-state index < -0.39 is 0 Å². The van der Waals surface area contributed by atoms with Gasteiger partial charge in [-0.1, -0.05) is 24.3 Å². The van der Waals surface area contributed by atoms with Crippen molar-refractivity contribution >= 4 is 22.6 Å². The fourth-order valence-electron chi connectivity index (χ4n) is 2.75. The summed E-state index contributed by atoms with van der Waals surface area (Å²) in [7, 11) is 0. The Hall–Kier alpha value is -3.60. The minimum atomic E-state index is -0.218. The Bertz CT molecular complexity index is 1080. The molecule has 3 aromatic heterocycles. The standard InChI is InChI=1S/C21H16N4O/c1-14-8-9-20(23-12-14)25-21(26)17-11-19(15-5-4-10-22-13-15)24-18-7-3-2-6-16(17)18/h2-13H,1H3,(H,23,25,26). The van der Waals surface area contributed by atoms with Gasteiger partial charge in [-0.2, -0.15) is 0 Å². The second-order valence-electron chi connectivity index (χ2n) is 5.99. The molecule has 5 nitrogen and oxygen atoms in total. The van der Waals surface area contributed by atoms with Gasteiger partial charge in [0, 0.05) is 29.5 Å². The van der Waals surface area contributed by atoms with Crippen molar-refractivity contribution in [2.75, 3.05) is 5.32 Å². The lowest BCUT2D eigenvalue weighted by atomic mass is 10.0. The molecule has 0 fully saturated rings. The summed E-state index contributed by atoms with van der Waals surface area (Å²) < 4.78 is 0. The van der Waals surface area contributed by atoms with E-state index in [0.29, 0.717) is 17.1 Å². The molecule has 0 aliphatic heterocycles.